The Hall–Kier alpha value is -0.820. The maximum atomic E-state index is 3.63. The van der Waals surface area contributed by atoms with E-state index in [2.05, 4.69) is 49.5 Å². The van der Waals surface area contributed by atoms with Crippen LogP contribution >= 0.6 is 0 Å². The molecule has 0 amide bonds. The Bertz CT molecular complexity index is 415. The highest BCUT2D eigenvalue weighted by Crippen LogP contribution is 2.52. The monoisotopic (exact) mass is 271 g/mol. The molecule has 1 atom stereocenters. The molecule has 1 aliphatic heterocycles. The number of hydrogen-bond acceptors (Lipinski definition) is 1. The Morgan fingerprint density at radius 2 is 1.75 bits per heavy atom. The molecule has 1 spiro atoms. The van der Waals surface area contributed by atoms with Crippen LogP contribution in [-0.2, 0) is 0 Å². The summed E-state index contributed by atoms with van der Waals surface area (Å²) in [5.74, 6) is 2.51. The molecule has 1 aromatic rings. The van der Waals surface area contributed by atoms with Gasteiger partial charge in [0.2, 0.25) is 0 Å². The van der Waals surface area contributed by atoms with Crippen molar-refractivity contribution in [1.29, 1.82) is 0 Å². The topological polar surface area (TPSA) is 12.0 Å². The van der Waals surface area contributed by atoms with Gasteiger partial charge in [0.05, 0.1) is 0 Å². The minimum Gasteiger partial charge on any atom is -0.316 e. The molecule has 1 heterocycles. The van der Waals surface area contributed by atoms with Crippen LogP contribution in [0.1, 0.15) is 57.4 Å². The summed E-state index contributed by atoms with van der Waals surface area (Å²) < 4.78 is 0. The van der Waals surface area contributed by atoms with Crippen molar-refractivity contribution in [2.45, 2.75) is 51.9 Å². The SMILES string of the molecule is CC(C)C1CNCCC12CCC(c1ccccc1)CC2. The maximum Gasteiger partial charge on any atom is -0.00127 e. The van der Waals surface area contributed by atoms with Crippen molar-refractivity contribution >= 4 is 0 Å². The van der Waals surface area contributed by atoms with Crippen molar-refractivity contribution in [2.24, 2.45) is 17.3 Å². The highest BCUT2D eigenvalue weighted by Gasteiger charge is 2.44. The maximum absolute atomic E-state index is 3.63. The third-order valence-corrected chi connectivity index (χ3v) is 6.01. The molecule has 1 saturated heterocycles. The molecule has 1 unspecified atom stereocenters. The fourth-order valence-corrected chi connectivity index (χ4v) is 4.81. The van der Waals surface area contributed by atoms with Gasteiger partial charge < -0.3 is 5.32 Å². The Morgan fingerprint density at radius 3 is 2.40 bits per heavy atom. The van der Waals surface area contributed by atoms with Crippen molar-refractivity contribution in [3.05, 3.63) is 35.9 Å². The highest BCUT2D eigenvalue weighted by molar-refractivity contribution is 5.20. The molecule has 1 heteroatoms. The van der Waals surface area contributed by atoms with E-state index in [0.717, 1.165) is 17.8 Å². The second-order valence-electron chi connectivity index (χ2n) is 7.35. The van der Waals surface area contributed by atoms with E-state index < -0.39 is 0 Å². The molecular weight excluding hydrogens is 242 g/mol. The summed E-state index contributed by atoms with van der Waals surface area (Å²) >= 11 is 0. The van der Waals surface area contributed by atoms with E-state index >= 15 is 0 Å². The Balaban J connectivity index is 1.70. The lowest BCUT2D eigenvalue weighted by Gasteiger charge is -2.50. The first-order valence-corrected chi connectivity index (χ1v) is 8.47. The quantitative estimate of drug-likeness (QED) is 0.829. The van der Waals surface area contributed by atoms with Gasteiger partial charge in [-0.15, -0.1) is 0 Å². The summed E-state index contributed by atoms with van der Waals surface area (Å²) in [5.41, 5.74) is 2.21. The number of nitrogens with one attached hydrogen (secondary N) is 1. The minimum atomic E-state index is 0.644. The Labute approximate surface area is 124 Å². The van der Waals surface area contributed by atoms with Crippen molar-refractivity contribution < 1.29 is 0 Å². The largest absolute Gasteiger partial charge is 0.316 e. The lowest BCUT2D eigenvalue weighted by molar-refractivity contribution is 0.0254. The van der Waals surface area contributed by atoms with Gasteiger partial charge in [-0.3, -0.25) is 0 Å². The van der Waals surface area contributed by atoms with E-state index in [0.29, 0.717) is 5.41 Å². The average molecular weight is 271 g/mol. The number of benzene rings is 1. The smallest absolute Gasteiger partial charge is 0.00127 e. The fourth-order valence-electron chi connectivity index (χ4n) is 4.81. The summed E-state index contributed by atoms with van der Waals surface area (Å²) in [6, 6.07) is 11.2. The molecule has 0 radical (unpaired) electrons. The highest BCUT2D eigenvalue weighted by atomic mass is 14.9. The summed E-state index contributed by atoms with van der Waals surface area (Å²) in [6.45, 7) is 7.32. The molecule has 2 fully saturated rings. The zero-order chi connectivity index (χ0) is 14.0. The molecule has 110 valence electrons. The summed E-state index contributed by atoms with van der Waals surface area (Å²) in [5, 5.41) is 3.63. The lowest BCUT2D eigenvalue weighted by Crippen LogP contribution is -2.48. The number of hydrogen-bond donors (Lipinski definition) is 1. The van der Waals surface area contributed by atoms with Gasteiger partial charge >= 0.3 is 0 Å². The molecule has 1 aliphatic carbocycles. The van der Waals surface area contributed by atoms with Gasteiger partial charge in [0, 0.05) is 0 Å². The van der Waals surface area contributed by atoms with Crippen LogP contribution in [-0.4, -0.2) is 13.1 Å². The zero-order valence-corrected chi connectivity index (χ0v) is 13.1. The van der Waals surface area contributed by atoms with Crippen molar-refractivity contribution in [3.8, 4) is 0 Å². The van der Waals surface area contributed by atoms with Crippen molar-refractivity contribution in [1.82, 2.24) is 5.32 Å². The van der Waals surface area contributed by atoms with Gasteiger partial charge in [-0.2, -0.15) is 0 Å². The van der Waals surface area contributed by atoms with Crippen LogP contribution in [0.25, 0.3) is 0 Å². The third kappa shape index (κ3) is 2.65. The van der Waals surface area contributed by atoms with E-state index in [1.165, 1.54) is 45.2 Å². The van der Waals surface area contributed by atoms with Crippen LogP contribution < -0.4 is 5.32 Å². The molecule has 0 aromatic heterocycles. The Morgan fingerprint density at radius 1 is 1.05 bits per heavy atom. The standard InChI is InChI=1S/C19H29N/c1-15(2)18-14-20-13-12-19(18)10-8-17(9-11-19)16-6-4-3-5-7-16/h3-7,15,17-18,20H,8-14H2,1-2H3. The predicted molar refractivity (Wildman–Crippen MR) is 85.9 cm³/mol. The molecular formula is C19H29N. The van der Waals surface area contributed by atoms with Crippen LogP contribution in [0.3, 0.4) is 0 Å². The van der Waals surface area contributed by atoms with E-state index in [-0.39, 0.29) is 0 Å². The molecule has 1 N–H and O–H groups in total. The molecule has 20 heavy (non-hydrogen) atoms. The Kier molecular flexibility index (Phi) is 4.16. The first-order chi connectivity index (χ1) is 9.71. The second kappa shape index (κ2) is 5.89. The second-order valence-corrected chi connectivity index (χ2v) is 7.35. The summed E-state index contributed by atoms with van der Waals surface area (Å²) in [4.78, 5) is 0. The van der Waals surface area contributed by atoms with Crippen LogP contribution in [0.4, 0.5) is 0 Å². The fraction of sp³-hybridized carbons (Fsp3) is 0.684. The molecule has 2 aliphatic rings. The van der Waals surface area contributed by atoms with Gasteiger partial charge in [0.25, 0.3) is 0 Å². The number of piperidine rings is 1. The van der Waals surface area contributed by atoms with Crippen LogP contribution in [0.5, 0.6) is 0 Å². The van der Waals surface area contributed by atoms with Gasteiger partial charge in [-0.05, 0) is 73.9 Å². The van der Waals surface area contributed by atoms with Crippen LogP contribution in [0.2, 0.25) is 0 Å². The summed E-state index contributed by atoms with van der Waals surface area (Å²) in [7, 11) is 0. The van der Waals surface area contributed by atoms with Gasteiger partial charge in [0.1, 0.15) is 0 Å². The van der Waals surface area contributed by atoms with E-state index in [1.54, 1.807) is 5.56 Å². The molecule has 3 rings (SSSR count). The van der Waals surface area contributed by atoms with Gasteiger partial charge in [-0.25, -0.2) is 0 Å². The first kappa shape index (κ1) is 14.1. The molecule has 1 nitrogen and oxygen atoms in total. The van der Waals surface area contributed by atoms with E-state index in [9.17, 15) is 0 Å². The van der Waals surface area contributed by atoms with E-state index in [1.807, 2.05) is 0 Å². The average Bonchev–Trinajstić information content (AvgIpc) is 2.49. The van der Waals surface area contributed by atoms with Gasteiger partial charge in [0.15, 0.2) is 0 Å². The normalized spacial score (nSPS) is 34.5. The van der Waals surface area contributed by atoms with Crippen LogP contribution in [0, 0.1) is 17.3 Å². The first-order valence-electron chi connectivity index (χ1n) is 8.47. The van der Waals surface area contributed by atoms with E-state index in [4.69, 9.17) is 0 Å². The molecule has 1 aromatic carbocycles. The minimum absolute atomic E-state index is 0.644. The summed E-state index contributed by atoms with van der Waals surface area (Å²) in [6.07, 6.45) is 7.08. The van der Waals surface area contributed by atoms with Crippen LogP contribution in [0.15, 0.2) is 30.3 Å². The zero-order valence-electron chi connectivity index (χ0n) is 13.1. The molecule has 1 saturated carbocycles. The lowest BCUT2D eigenvalue weighted by atomic mass is 9.57. The number of rotatable bonds is 2. The van der Waals surface area contributed by atoms with Crippen molar-refractivity contribution in [3.63, 3.8) is 0 Å². The van der Waals surface area contributed by atoms with Gasteiger partial charge in [-0.1, -0.05) is 44.2 Å². The molecule has 0 bridgehead atoms. The third-order valence-electron chi connectivity index (χ3n) is 6.01. The predicted octanol–water partition coefficient (Wildman–Crippen LogP) is 4.60. The van der Waals surface area contributed by atoms with Crippen molar-refractivity contribution in [2.75, 3.05) is 13.1 Å².